The van der Waals surface area contributed by atoms with Crippen molar-refractivity contribution >= 4 is 0 Å². The van der Waals surface area contributed by atoms with Gasteiger partial charge in [-0.15, -0.1) is 0 Å². The third-order valence-corrected chi connectivity index (χ3v) is 3.37. The minimum Gasteiger partial charge on any atom is -0.330 e. The van der Waals surface area contributed by atoms with Crippen LogP contribution in [0.15, 0.2) is 48.5 Å². The fourth-order valence-electron chi connectivity index (χ4n) is 2.26. The molecule has 0 spiro atoms. The van der Waals surface area contributed by atoms with Gasteiger partial charge in [0.15, 0.2) is 0 Å². The van der Waals surface area contributed by atoms with Crippen LogP contribution < -0.4 is 5.73 Å². The Morgan fingerprint density at radius 2 is 1.67 bits per heavy atom. The quantitative estimate of drug-likeness (QED) is 0.844. The summed E-state index contributed by atoms with van der Waals surface area (Å²) in [6.45, 7) is 0.308. The first-order valence-corrected chi connectivity index (χ1v) is 6.52. The number of nitrogens with two attached hydrogens (primary N) is 1. The summed E-state index contributed by atoms with van der Waals surface area (Å²) in [5.74, 6) is -1.35. The molecule has 0 aliphatic heterocycles. The number of alkyl halides is 3. The van der Waals surface area contributed by atoms with Crippen molar-refractivity contribution in [3.63, 3.8) is 0 Å². The summed E-state index contributed by atoms with van der Waals surface area (Å²) >= 11 is 0. The first-order valence-electron chi connectivity index (χ1n) is 6.52. The van der Waals surface area contributed by atoms with Gasteiger partial charge in [-0.2, -0.15) is 13.2 Å². The number of benzene rings is 2. The SMILES string of the molecule is NCC(Cc1ccc(F)c(C(F)(F)F)c1)c1ccccc1. The van der Waals surface area contributed by atoms with Crippen molar-refractivity contribution in [1.29, 1.82) is 0 Å². The molecule has 0 amide bonds. The van der Waals surface area contributed by atoms with Crippen molar-refractivity contribution in [2.24, 2.45) is 5.73 Å². The predicted molar refractivity (Wildman–Crippen MR) is 73.3 cm³/mol. The summed E-state index contributed by atoms with van der Waals surface area (Å²) in [6, 6.07) is 12.4. The molecule has 1 nitrogen and oxygen atoms in total. The highest BCUT2D eigenvalue weighted by atomic mass is 19.4. The van der Waals surface area contributed by atoms with E-state index in [0.29, 0.717) is 18.5 Å². The van der Waals surface area contributed by atoms with E-state index in [2.05, 4.69) is 0 Å². The zero-order valence-corrected chi connectivity index (χ0v) is 11.2. The Labute approximate surface area is 120 Å². The fourth-order valence-corrected chi connectivity index (χ4v) is 2.26. The molecule has 0 heterocycles. The molecule has 0 aliphatic carbocycles. The summed E-state index contributed by atoms with van der Waals surface area (Å²) in [5, 5.41) is 0. The van der Waals surface area contributed by atoms with Gasteiger partial charge in [0, 0.05) is 5.92 Å². The lowest BCUT2D eigenvalue weighted by atomic mass is 9.91. The lowest BCUT2D eigenvalue weighted by molar-refractivity contribution is -0.140. The molecule has 0 aromatic heterocycles. The second-order valence-corrected chi connectivity index (χ2v) is 4.86. The van der Waals surface area contributed by atoms with Gasteiger partial charge in [-0.1, -0.05) is 36.4 Å². The van der Waals surface area contributed by atoms with E-state index in [-0.39, 0.29) is 5.92 Å². The van der Waals surface area contributed by atoms with E-state index < -0.39 is 17.6 Å². The van der Waals surface area contributed by atoms with Crippen molar-refractivity contribution in [1.82, 2.24) is 0 Å². The molecule has 0 saturated heterocycles. The third kappa shape index (κ3) is 3.82. The topological polar surface area (TPSA) is 26.0 Å². The molecule has 2 aromatic rings. The lowest BCUT2D eigenvalue weighted by Crippen LogP contribution is -2.16. The normalized spacial score (nSPS) is 13.2. The number of rotatable bonds is 4. The third-order valence-electron chi connectivity index (χ3n) is 3.37. The number of hydrogen-bond donors (Lipinski definition) is 1. The van der Waals surface area contributed by atoms with Crippen molar-refractivity contribution in [3.8, 4) is 0 Å². The molecule has 0 fully saturated rings. The summed E-state index contributed by atoms with van der Waals surface area (Å²) in [7, 11) is 0. The summed E-state index contributed by atoms with van der Waals surface area (Å²) in [6.07, 6.45) is -4.35. The van der Waals surface area contributed by atoms with Crippen LogP contribution in [0.4, 0.5) is 17.6 Å². The maximum absolute atomic E-state index is 13.3. The molecule has 2 rings (SSSR count). The second-order valence-electron chi connectivity index (χ2n) is 4.86. The van der Waals surface area contributed by atoms with Gasteiger partial charge in [-0.05, 0) is 36.2 Å². The smallest absolute Gasteiger partial charge is 0.330 e. The largest absolute Gasteiger partial charge is 0.419 e. The van der Waals surface area contributed by atoms with E-state index in [4.69, 9.17) is 5.73 Å². The number of hydrogen-bond acceptors (Lipinski definition) is 1. The average molecular weight is 297 g/mol. The molecule has 2 N–H and O–H groups in total. The maximum Gasteiger partial charge on any atom is 0.419 e. The zero-order valence-electron chi connectivity index (χ0n) is 11.2. The van der Waals surface area contributed by atoms with Crippen molar-refractivity contribution in [2.75, 3.05) is 6.54 Å². The van der Waals surface area contributed by atoms with Gasteiger partial charge in [-0.3, -0.25) is 0 Å². The van der Waals surface area contributed by atoms with Gasteiger partial charge in [-0.25, -0.2) is 4.39 Å². The molecule has 1 atom stereocenters. The highest BCUT2D eigenvalue weighted by molar-refractivity contribution is 5.30. The molecule has 112 valence electrons. The van der Waals surface area contributed by atoms with Gasteiger partial charge in [0.1, 0.15) is 5.82 Å². The molecule has 0 bridgehead atoms. The molecule has 21 heavy (non-hydrogen) atoms. The molecule has 2 aromatic carbocycles. The summed E-state index contributed by atoms with van der Waals surface area (Å²) in [4.78, 5) is 0. The second kappa shape index (κ2) is 6.26. The minimum absolute atomic E-state index is 0.0993. The van der Waals surface area contributed by atoms with Crippen LogP contribution in [0.5, 0.6) is 0 Å². The maximum atomic E-state index is 13.3. The highest BCUT2D eigenvalue weighted by Gasteiger charge is 2.34. The van der Waals surface area contributed by atoms with Crippen LogP contribution in [0.1, 0.15) is 22.6 Å². The Hall–Kier alpha value is -1.88. The lowest BCUT2D eigenvalue weighted by Gasteiger charge is -2.16. The number of halogens is 4. The molecule has 5 heteroatoms. The first-order chi connectivity index (χ1) is 9.91. The van der Waals surface area contributed by atoms with Crippen molar-refractivity contribution < 1.29 is 17.6 Å². The van der Waals surface area contributed by atoms with Gasteiger partial charge in [0.05, 0.1) is 5.56 Å². The molecule has 1 unspecified atom stereocenters. The monoisotopic (exact) mass is 297 g/mol. The van der Waals surface area contributed by atoms with Crippen LogP contribution in [0, 0.1) is 5.82 Å². The van der Waals surface area contributed by atoms with Crippen LogP contribution in [0.3, 0.4) is 0 Å². The van der Waals surface area contributed by atoms with Crippen molar-refractivity contribution in [3.05, 3.63) is 71.0 Å². The van der Waals surface area contributed by atoms with E-state index >= 15 is 0 Å². The minimum atomic E-state index is -4.69. The average Bonchev–Trinajstić information content (AvgIpc) is 2.46. The Morgan fingerprint density at radius 3 is 2.24 bits per heavy atom. The summed E-state index contributed by atoms with van der Waals surface area (Å²) < 4.78 is 51.4. The molecule has 0 radical (unpaired) electrons. The van der Waals surface area contributed by atoms with E-state index in [1.165, 1.54) is 6.07 Å². The highest BCUT2D eigenvalue weighted by Crippen LogP contribution is 2.32. The molecular formula is C16H15F4N. The molecular weight excluding hydrogens is 282 g/mol. The Bertz CT molecular complexity index is 593. The van der Waals surface area contributed by atoms with E-state index in [9.17, 15) is 17.6 Å². The van der Waals surface area contributed by atoms with Gasteiger partial charge >= 0.3 is 6.18 Å². The van der Waals surface area contributed by atoms with Gasteiger partial charge in [0.2, 0.25) is 0 Å². The van der Waals surface area contributed by atoms with Gasteiger partial charge in [0.25, 0.3) is 0 Å². The van der Waals surface area contributed by atoms with Crippen LogP contribution in [0.25, 0.3) is 0 Å². The Kier molecular flexibility index (Phi) is 4.63. The molecule has 0 aliphatic rings. The van der Waals surface area contributed by atoms with Crippen LogP contribution >= 0.6 is 0 Å². The Balaban J connectivity index is 2.27. The van der Waals surface area contributed by atoms with Crippen LogP contribution in [-0.2, 0) is 12.6 Å². The van der Waals surface area contributed by atoms with Crippen LogP contribution in [0.2, 0.25) is 0 Å². The van der Waals surface area contributed by atoms with Crippen LogP contribution in [-0.4, -0.2) is 6.54 Å². The fraction of sp³-hybridized carbons (Fsp3) is 0.250. The van der Waals surface area contributed by atoms with E-state index in [1.807, 2.05) is 30.3 Å². The van der Waals surface area contributed by atoms with Crippen molar-refractivity contribution in [2.45, 2.75) is 18.5 Å². The zero-order chi connectivity index (χ0) is 15.5. The first kappa shape index (κ1) is 15.5. The molecule has 0 saturated carbocycles. The predicted octanol–water partition coefficient (Wildman–Crippen LogP) is 4.13. The van der Waals surface area contributed by atoms with Gasteiger partial charge < -0.3 is 5.73 Å². The van der Waals surface area contributed by atoms with E-state index in [1.54, 1.807) is 0 Å². The van der Waals surface area contributed by atoms with E-state index in [0.717, 1.165) is 17.7 Å². The standard InChI is InChI=1S/C16H15F4N/c17-15-7-6-11(9-14(15)16(18,19)20)8-13(10-21)12-4-2-1-3-5-12/h1-7,9,13H,8,10,21H2. The summed E-state index contributed by atoms with van der Waals surface area (Å²) in [5.41, 5.74) is 5.85. The Morgan fingerprint density at radius 1 is 1.00 bits per heavy atom.